The van der Waals surface area contributed by atoms with Crippen molar-refractivity contribution in [1.82, 2.24) is 9.55 Å². The maximum atomic E-state index is 14.1. The number of imidazole rings is 1. The normalized spacial score (nSPS) is 15.9. The Morgan fingerprint density at radius 1 is 1.17 bits per heavy atom. The molecule has 2 heterocycles. The van der Waals surface area contributed by atoms with Gasteiger partial charge in [-0.1, -0.05) is 25.5 Å². The molecule has 1 atom stereocenters. The zero-order valence-electron chi connectivity index (χ0n) is 16.2. The molecule has 0 unspecified atom stereocenters. The van der Waals surface area contributed by atoms with E-state index in [1.165, 1.54) is 12.1 Å². The number of hydrogen-bond donors (Lipinski definition) is 1. The van der Waals surface area contributed by atoms with Crippen LogP contribution in [0.5, 0.6) is 0 Å². The lowest BCUT2D eigenvalue weighted by molar-refractivity contribution is -0.139. The highest BCUT2D eigenvalue weighted by atomic mass is 19.1. The summed E-state index contributed by atoms with van der Waals surface area (Å²) in [4.78, 5) is 17.6. The molecule has 0 saturated carbocycles. The maximum Gasteiger partial charge on any atom is 0.338 e. The number of nitrogens with one attached hydrogen (secondary N) is 1. The van der Waals surface area contributed by atoms with Crippen LogP contribution < -0.4 is 5.32 Å². The number of aromatic nitrogens is 2. The van der Waals surface area contributed by atoms with Crippen LogP contribution in [0.1, 0.15) is 38.3 Å². The molecule has 0 bridgehead atoms. The van der Waals surface area contributed by atoms with Gasteiger partial charge in [0.15, 0.2) is 0 Å². The van der Waals surface area contributed by atoms with Crippen molar-refractivity contribution in [2.75, 3.05) is 11.9 Å². The number of allylic oxidation sites excluding steroid dienone is 1. The molecule has 0 spiro atoms. The summed E-state index contributed by atoms with van der Waals surface area (Å²) in [5.74, 6) is -1.39. The highest BCUT2D eigenvalue weighted by Gasteiger charge is 2.36. The quantitative estimate of drug-likeness (QED) is 0.619. The van der Waals surface area contributed by atoms with Crippen LogP contribution in [0.2, 0.25) is 0 Å². The van der Waals surface area contributed by atoms with Gasteiger partial charge in [-0.2, -0.15) is 0 Å². The van der Waals surface area contributed by atoms with E-state index in [2.05, 4.69) is 10.3 Å². The standard InChI is InChI=1S/C22H21F2N3O2/c1-3-7-17-19(21(28)29-4-2)20(13-10-14(23)12-15(24)11-13)27-18-9-6-5-8-16(18)25-22(27)26-17/h5-6,8-12,20H,3-4,7H2,1-2H3,(H,25,26)/t20-/m1/s1. The van der Waals surface area contributed by atoms with Crippen LogP contribution in [0.4, 0.5) is 14.7 Å². The molecule has 4 rings (SSSR count). The molecule has 0 fully saturated rings. The minimum absolute atomic E-state index is 0.198. The number of rotatable bonds is 5. The molecule has 0 amide bonds. The molecular formula is C22H21F2N3O2. The molecule has 0 radical (unpaired) electrons. The van der Waals surface area contributed by atoms with E-state index in [-0.39, 0.29) is 6.61 Å². The second-order valence-electron chi connectivity index (χ2n) is 6.89. The fraction of sp³-hybridized carbons (Fsp3) is 0.273. The number of para-hydroxylation sites is 2. The van der Waals surface area contributed by atoms with Crippen LogP contribution in [-0.4, -0.2) is 22.1 Å². The van der Waals surface area contributed by atoms with Gasteiger partial charge in [0.25, 0.3) is 0 Å². The molecule has 2 aromatic carbocycles. The van der Waals surface area contributed by atoms with Gasteiger partial charge in [0, 0.05) is 11.8 Å². The van der Waals surface area contributed by atoms with E-state index in [0.29, 0.717) is 29.2 Å². The summed E-state index contributed by atoms with van der Waals surface area (Å²) in [5, 5.41) is 3.25. The fourth-order valence-corrected chi connectivity index (χ4v) is 3.83. The Morgan fingerprint density at radius 2 is 1.90 bits per heavy atom. The number of ether oxygens (including phenoxy) is 1. The first-order valence-corrected chi connectivity index (χ1v) is 9.63. The number of anilines is 1. The van der Waals surface area contributed by atoms with Crippen molar-refractivity contribution in [1.29, 1.82) is 0 Å². The fourth-order valence-electron chi connectivity index (χ4n) is 3.83. The predicted molar refractivity (Wildman–Crippen MR) is 106 cm³/mol. The summed E-state index contributed by atoms with van der Waals surface area (Å²) < 4.78 is 35.3. The Kier molecular flexibility index (Phi) is 5.05. The molecular weight excluding hydrogens is 376 g/mol. The minimum atomic E-state index is -0.760. The summed E-state index contributed by atoms with van der Waals surface area (Å²) in [5.41, 5.74) is 2.79. The lowest BCUT2D eigenvalue weighted by Crippen LogP contribution is -2.30. The summed E-state index contributed by atoms with van der Waals surface area (Å²) in [6.07, 6.45) is 1.35. The smallest absolute Gasteiger partial charge is 0.338 e. The Hall–Kier alpha value is -3.22. The summed E-state index contributed by atoms with van der Waals surface area (Å²) in [6, 6.07) is 10.0. The highest BCUT2D eigenvalue weighted by Crippen LogP contribution is 2.40. The summed E-state index contributed by atoms with van der Waals surface area (Å²) >= 11 is 0. The van der Waals surface area contributed by atoms with Gasteiger partial charge >= 0.3 is 5.97 Å². The van der Waals surface area contributed by atoms with E-state index in [1.807, 2.05) is 31.2 Å². The second kappa shape index (κ2) is 7.66. The molecule has 1 aliphatic rings. The zero-order chi connectivity index (χ0) is 20.5. The molecule has 1 aliphatic heterocycles. The zero-order valence-corrected chi connectivity index (χ0v) is 16.2. The first-order valence-electron chi connectivity index (χ1n) is 9.63. The van der Waals surface area contributed by atoms with E-state index in [9.17, 15) is 13.6 Å². The van der Waals surface area contributed by atoms with Crippen molar-refractivity contribution < 1.29 is 18.3 Å². The third kappa shape index (κ3) is 3.37. The van der Waals surface area contributed by atoms with E-state index >= 15 is 0 Å². The van der Waals surface area contributed by atoms with E-state index < -0.39 is 23.6 Å². The van der Waals surface area contributed by atoms with Crippen LogP contribution in [0.25, 0.3) is 11.0 Å². The molecule has 0 saturated heterocycles. The van der Waals surface area contributed by atoms with Crippen LogP contribution >= 0.6 is 0 Å². The number of carbonyl (C=O) groups excluding carboxylic acids is 1. The van der Waals surface area contributed by atoms with Crippen LogP contribution in [0.3, 0.4) is 0 Å². The van der Waals surface area contributed by atoms with Gasteiger partial charge in [-0.25, -0.2) is 18.6 Å². The Morgan fingerprint density at radius 3 is 2.59 bits per heavy atom. The van der Waals surface area contributed by atoms with Crippen LogP contribution in [0.15, 0.2) is 53.7 Å². The van der Waals surface area contributed by atoms with Gasteiger partial charge < -0.3 is 10.1 Å². The number of benzene rings is 2. The van der Waals surface area contributed by atoms with Gasteiger partial charge in [0.05, 0.1) is 29.3 Å². The number of nitrogens with zero attached hydrogens (tertiary/aromatic N) is 2. The van der Waals surface area contributed by atoms with E-state index in [1.54, 1.807) is 11.5 Å². The molecule has 5 nitrogen and oxygen atoms in total. The highest BCUT2D eigenvalue weighted by molar-refractivity contribution is 5.94. The Labute approximate surface area is 167 Å². The molecule has 150 valence electrons. The summed E-state index contributed by atoms with van der Waals surface area (Å²) in [7, 11) is 0. The van der Waals surface area contributed by atoms with Crippen molar-refractivity contribution in [2.24, 2.45) is 0 Å². The van der Waals surface area contributed by atoms with Gasteiger partial charge in [-0.15, -0.1) is 0 Å². The first-order chi connectivity index (χ1) is 14.0. The number of halogens is 2. The Balaban J connectivity index is 2.02. The monoisotopic (exact) mass is 397 g/mol. The largest absolute Gasteiger partial charge is 0.463 e. The topological polar surface area (TPSA) is 56.2 Å². The lowest BCUT2D eigenvalue weighted by atomic mass is 9.93. The first kappa shape index (κ1) is 19.1. The van der Waals surface area contributed by atoms with E-state index in [4.69, 9.17) is 4.74 Å². The SMILES string of the molecule is CCCC1=C(C(=O)OCC)[C@@H](c2cc(F)cc(F)c2)n2c(nc3ccccc32)N1. The number of fused-ring (bicyclic) bond motifs is 3. The number of hydrogen-bond acceptors (Lipinski definition) is 4. The maximum absolute atomic E-state index is 14.1. The van der Waals surface area contributed by atoms with Crippen molar-refractivity contribution in [2.45, 2.75) is 32.7 Å². The molecule has 3 aromatic rings. The van der Waals surface area contributed by atoms with Crippen molar-refractivity contribution in [3.05, 3.63) is 70.9 Å². The Bertz CT molecular complexity index is 1100. The average Bonchev–Trinajstić information content (AvgIpc) is 3.04. The third-order valence-electron chi connectivity index (χ3n) is 4.91. The molecule has 29 heavy (non-hydrogen) atoms. The minimum Gasteiger partial charge on any atom is -0.463 e. The molecule has 7 heteroatoms. The predicted octanol–water partition coefficient (Wildman–Crippen LogP) is 4.95. The molecule has 1 aromatic heterocycles. The van der Waals surface area contributed by atoms with Crippen molar-refractivity contribution in [3.8, 4) is 0 Å². The van der Waals surface area contributed by atoms with Crippen LogP contribution in [0, 0.1) is 11.6 Å². The second-order valence-corrected chi connectivity index (χ2v) is 6.89. The summed E-state index contributed by atoms with van der Waals surface area (Å²) in [6.45, 7) is 3.92. The molecule has 1 N–H and O–H groups in total. The van der Waals surface area contributed by atoms with Crippen LogP contribution in [-0.2, 0) is 9.53 Å². The van der Waals surface area contributed by atoms with Gasteiger partial charge in [0.1, 0.15) is 11.6 Å². The van der Waals surface area contributed by atoms with E-state index in [0.717, 1.165) is 23.5 Å². The van der Waals surface area contributed by atoms with Gasteiger partial charge in [-0.05, 0) is 43.2 Å². The number of carbonyl (C=O) groups is 1. The third-order valence-corrected chi connectivity index (χ3v) is 4.91. The van der Waals surface area contributed by atoms with Crippen molar-refractivity contribution >= 4 is 23.0 Å². The van der Waals surface area contributed by atoms with Gasteiger partial charge in [-0.3, -0.25) is 4.57 Å². The molecule has 0 aliphatic carbocycles. The number of esters is 1. The van der Waals surface area contributed by atoms with Crippen molar-refractivity contribution in [3.63, 3.8) is 0 Å². The van der Waals surface area contributed by atoms with Gasteiger partial charge in [0.2, 0.25) is 5.95 Å². The average molecular weight is 397 g/mol. The lowest BCUT2D eigenvalue weighted by Gasteiger charge is -2.31.